The van der Waals surface area contributed by atoms with Gasteiger partial charge in [-0.3, -0.25) is 4.68 Å². The number of aromatic nitrogens is 2. The maximum atomic E-state index is 11.1. The van der Waals surface area contributed by atoms with E-state index < -0.39 is 5.97 Å². The van der Waals surface area contributed by atoms with Crippen molar-refractivity contribution >= 4 is 11.8 Å². The number of nitrogens with one attached hydrogen (secondary N) is 1. The molecule has 2 N–H and O–H groups in total. The molecule has 0 radical (unpaired) electrons. The highest BCUT2D eigenvalue weighted by molar-refractivity contribution is 5.89. The summed E-state index contributed by atoms with van der Waals surface area (Å²) in [5.41, 5.74) is 1.07. The highest BCUT2D eigenvalue weighted by Gasteiger charge is 2.08. The lowest BCUT2D eigenvalue weighted by Gasteiger charge is -2.06. The van der Waals surface area contributed by atoms with Gasteiger partial charge in [-0.05, 0) is 18.1 Å². The summed E-state index contributed by atoms with van der Waals surface area (Å²) in [5, 5.41) is 16.6. The van der Waals surface area contributed by atoms with E-state index in [-0.39, 0.29) is 0 Å². The molecular weight excluding hydrogens is 242 g/mol. The predicted octanol–water partition coefficient (Wildman–Crippen LogP) is 2.60. The Morgan fingerprint density at radius 3 is 2.89 bits per heavy atom. The number of nitrogens with zero attached hydrogens (tertiary/aromatic N) is 2. The molecule has 0 saturated carbocycles. The number of hydrogen-bond acceptors (Lipinski definition) is 3. The maximum absolute atomic E-state index is 11.1. The zero-order valence-corrected chi connectivity index (χ0v) is 10.8. The lowest BCUT2D eigenvalue weighted by atomic mass is 10.1. The third-order valence-corrected chi connectivity index (χ3v) is 2.80. The number of rotatable bonds is 6. The van der Waals surface area contributed by atoms with Crippen LogP contribution in [0.15, 0.2) is 36.5 Å². The van der Waals surface area contributed by atoms with E-state index in [2.05, 4.69) is 17.3 Å². The average molecular weight is 259 g/mol. The number of aromatic carboxylic acids is 1. The van der Waals surface area contributed by atoms with E-state index in [9.17, 15) is 4.79 Å². The SMILES string of the molecule is CCCn1ccc(NCc2ccccc2C(=O)O)n1. The minimum absolute atomic E-state index is 0.322. The standard InChI is InChI=1S/C14H17N3O2/c1-2-8-17-9-7-13(16-17)15-10-11-5-3-4-6-12(11)14(18)19/h3-7,9H,2,8,10H2,1H3,(H,15,16)(H,18,19). The molecular formula is C14H17N3O2. The van der Waals surface area contributed by atoms with Crippen molar-refractivity contribution in [2.75, 3.05) is 5.32 Å². The first kappa shape index (κ1) is 13.1. The van der Waals surface area contributed by atoms with Crippen LogP contribution in [0.5, 0.6) is 0 Å². The van der Waals surface area contributed by atoms with Crippen molar-refractivity contribution in [3.63, 3.8) is 0 Å². The van der Waals surface area contributed by atoms with Gasteiger partial charge in [0.1, 0.15) is 5.82 Å². The molecule has 0 aliphatic carbocycles. The van der Waals surface area contributed by atoms with Crippen molar-refractivity contribution in [2.24, 2.45) is 0 Å². The molecule has 0 spiro atoms. The Balaban J connectivity index is 2.03. The minimum atomic E-state index is -0.908. The Labute approximate surface area is 111 Å². The average Bonchev–Trinajstić information content (AvgIpc) is 2.85. The lowest BCUT2D eigenvalue weighted by Crippen LogP contribution is -2.07. The topological polar surface area (TPSA) is 67.2 Å². The van der Waals surface area contributed by atoms with E-state index in [0.29, 0.717) is 12.1 Å². The number of anilines is 1. The number of carboxylic acid groups (broad SMARTS) is 1. The summed E-state index contributed by atoms with van der Waals surface area (Å²) in [4.78, 5) is 11.1. The monoisotopic (exact) mass is 259 g/mol. The highest BCUT2D eigenvalue weighted by atomic mass is 16.4. The van der Waals surface area contributed by atoms with Crippen molar-refractivity contribution in [1.82, 2.24) is 9.78 Å². The summed E-state index contributed by atoms with van der Waals surface area (Å²) in [7, 11) is 0. The largest absolute Gasteiger partial charge is 0.478 e. The van der Waals surface area contributed by atoms with E-state index in [1.54, 1.807) is 18.2 Å². The van der Waals surface area contributed by atoms with Crippen molar-refractivity contribution in [3.05, 3.63) is 47.7 Å². The van der Waals surface area contributed by atoms with Crippen LogP contribution in [0, 0.1) is 0 Å². The number of carbonyl (C=O) groups is 1. The molecule has 100 valence electrons. The summed E-state index contributed by atoms with van der Waals surface area (Å²) in [6, 6.07) is 8.86. The first-order chi connectivity index (χ1) is 9.20. The fourth-order valence-electron chi connectivity index (χ4n) is 1.88. The Morgan fingerprint density at radius 1 is 1.37 bits per heavy atom. The van der Waals surface area contributed by atoms with Crippen LogP contribution in [-0.4, -0.2) is 20.9 Å². The zero-order chi connectivity index (χ0) is 13.7. The molecule has 5 heteroatoms. The van der Waals surface area contributed by atoms with Gasteiger partial charge in [0, 0.05) is 25.4 Å². The first-order valence-electron chi connectivity index (χ1n) is 6.29. The lowest BCUT2D eigenvalue weighted by molar-refractivity contribution is 0.0696. The van der Waals surface area contributed by atoms with Crippen LogP contribution in [0.2, 0.25) is 0 Å². The van der Waals surface area contributed by atoms with Gasteiger partial charge in [-0.15, -0.1) is 0 Å². The summed E-state index contributed by atoms with van der Waals surface area (Å²) in [6.45, 7) is 3.43. The van der Waals surface area contributed by atoms with Crippen molar-refractivity contribution in [3.8, 4) is 0 Å². The fraction of sp³-hybridized carbons (Fsp3) is 0.286. The second kappa shape index (κ2) is 6.04. The molecule has 0 unspecified atom stereocenters. The predicted molar refractivity (Wildman–Crippen MR) is 73.2 cm³/mol. The van der Waals surface area contributed by atoms with Gasteiger partial charge < -0.3 is 10.4 Å². The van der Waals surface area contributed by atoms with Crippen molar-refractivity contribution in [1.29, 1.82) is 0 Å². The summed E-state index contributed by atoms with van der Waals surface area (Å²) in [5.74, 6) is -0.150. The second-order valence-electron chi connectivity index (χ2n) is 4.28. The van der Waals surface area contributed by atoms with Crippen molar-refractivity contribution < 1.29 is 9.90 Å². The Hall–Kier alpha value is -2.30. The quantitative estimate of drug-likeness (QED) is 0.836. The number of aryl methyl sites for hydroxylation is 1. The minimum Gasteiger partial charge on any atom is -0.478 e. The molecule has 0 atom stereocenters. The molecule has 1 heterocycles. The van der Waals surface area contributed by atoms with Crippen LogP contribution in [-0.2, 0) is 13.1 Å². The fourth-order valence-corrected chi connectivity index (χ4v) is 1.88. The number of hydrogen-bond donors (Lipinski definition) is 2. The van der Waals surface area contributed by atoms with Gasteiger partial charge in [0.25, 0.3) is 0 Å². The first-order valence-corrected chi connectivity index (χ1v) is 6.29. The zero-order valence-electron chi connectivity index (χ0n) is 10.8. The summed E-state index contributed by atoms with van der Waals surface area (Å²) >= 11 is 0. The van der Waals surface area contributed by atoms with Gasteiger partial charge in [0.15, 0.2) is 0 Å². The Kier molecular flexibility index (Phi) is 4.18. The summed E-state index contributed by atoms with van der Waals surface area (Å²) in [6.07, 6.45) is 2.94. The van der Waals surface area contributed by atoms with Crippen LogP contribution in [0.4, 0.5) is 5.82 Å². The molecule has 0 bridgehead atoms. The van der Waals surface area contributed by atoms with Gasteiger partial charge in [-0.1, -0.05) is 25.1 Å². The van der Waals surface area contributed by atoms with Gasteiger partial charge in [0.2, 0.25) is 0 Å². The van der Waals surface area contributed by atoms with E-state index in [0.717, 1.165) is 24.3 Å². The molecule has 2 rings (SSSR count). The normalized spacial score (nSPS) is 10.4. The number of carboxylic acids is 1. The summed E-state index contributed by atoms with van der Waals surface area (Å²) < 4.78 is 1.87. The molecule has 1 aromatic heterocycles. The Bertz CT molecular complexity index is 563. The van der Waals surface area contributed by atoms with Crippen LogP contribution in [0.1, 0.15) is 29.3 Å². The van der Waals surface area contributed by atoms with Crippen LogP contribution >= 0.6 is 0 Å². The number of benzene rings is 1. The molecule has 0 amide bonds. The molecule has 5 nitrogen and oxygen atoms in total. The van der Waals surface area contributed by atoms with E-state index in [4.69, 9.17) is 5.11 Å². The van der Waals surface area contributed by atoms with E-state index in [1.807, 2.05) is 23.0 Å². The molecule has 0 saturated heterocycles. The van der Waals surface area contributed by atoms with Crippen LogP contribution < -0.4 is 5.32 Å². The molecule has 0 fully saturated rings. The third-order valence-electron chi connectivity index (χ3n) is 2.80. The third kappa shape index (κ3) is 3.34. The van der Waals surface area contributed by atoms with E-state index in [1.165, 1.54) is 0 Å². The van der Waals surface area contributed by atoms with Gasteiger partial charge in [-0.25, -0.2) is 4.79 Å². The second-order valence-corrected chi connectivity index (χ2v) is 4.28. The van der Waals surface area contributed by atoms with Gasteiger partial charge in [-0.2, -0.15) is 5.10 Å². The molecule has 2 aromatic rings. The maximum Gasteiger partial charge on any atom is 0.336 e. The van der Waals surface area contributed by atoms with Gasteiger partial charge >= 0.3 is 5.97 Å². The smallest absolute Gasteiger partial charge is 0.336 e. The van der Waals surface area contributed by atoms with Crippen LogP contribution in [0.25, 0.3) is 0 Å². The molecule has 0 aliphatic heterocycles. The molecule has 19 heavy (non-hydrogen) atoms. The van der Waals surface area contributed by atoms with Gasteiger partial charge in [0.05, 0.1) is 5.56 Å². The highest BCUT2D eigenvalue weighted by Crippen LogP contribution is 2.11. The Morgan fingerprint density at radius 2 is 2.16 bits per heavy atom. The van der Waals surface area contributed by atoms with E-state index >= 15 is 0 Å². The van der Waals surface area contributed by atoms with Crippen molar-refractivity contribution in [2.45, 2.75) is 26.4 Å². The molecule has 0 aliphatic rings. The van der Waals surface area contributed by atoms with Crippen LogP contribution in [0.3, 0.4) is 0 Å². The molecule has 1 aromatic carbocycles.